The van der Waals surface area contributed by atoms with Crippen LogP contribution in [0.15, 0.2) is 35.8 Å². The van der Waals surface area contributed by atoms with E-state index in [-0.39, 0.29) is 0 Å². The molecule has 1 N–H and O–H groups in total. The average Bonchev–Trinajstić information content (AvgIpc) is 3.00. The number of aryl methyl sites for hydroxylation is 1. The molecule has 0 unspecified atom stereocenters. The van der Waals surface area contributed by atoms with Gasteiger partial charge in [0.25, 0.3) is 0 Å². The maximum atomic E-state index is 5.49. The number of rotatable bonds is 8. The van der Waals surface area contributed by atoms with Crippen LogP contribution in [0.25, 0.3) is 0 Å². The minimum Gasteiger partial charge on any atom is -0.497 e. The van der Waals surface area contributed by atoms with Crippen molar-refractivity contribution in [2.45, 2.75) is 20.0 Å². The molecule has 0 saturated heterocycles. The molecule has 0 bridgehead atoms. The SMILES string of the molecule is C=CCNC(=NCc1nnc(C)n1C)N(C)Cc1ccc(OC)cc1OC. The van der Waals surface area contributed by atoms with Gasteiger partial charge in [0, 0.05) is 38.8 Å². The second-order valence-corrected chi connectivity index (χ2v) is 6.07. The fourth-order valence-electron chi connectivity index (χ4n) is 2.52. The normalized spacial score (nSPS) is 11.2. The molecule has 8 heteroatoms. The largest absolute Gasteiger partial charge is 0.497 e. The van der Waals surface area contributed by atoms with Gasteiger partial charge in [-0.15, -0.1) is 16.8 Å². The molecule has 0 radical (unpaired) electrons. The Kier molecular flexibility index (Phi) is 7.22. The molecule has 0 saturated carbocycles. The summed E-state index contributed by atoms with van der Waals surface area (Å²) in [6.45, 7) is 7.34. The maximum absolute atomic E-state index is 5.49. The van der Waals surface area contributed by atoms with Crippen molar-refractivity contribution in [3.63, 3.8) is 0 Å². The van der Waals surface area contributed by atoms with E-state index < -0.39 is 0 Å². The standard InChI is InChI=1S/C19H28N6O2/c1-7-10-20-19(21-12-18-23-22-14(2)25(18)4)24(3)13-15-8-9-16(26-5)11-17(15)27-6/h7-9,11H,1,10,12-13H2,2-6H3,(H,20,21). The van der Waals surface area contributed by atoms with Crippen molar-refractivity contribution in [1.82, 2.24) is 25.0 Å². The third-order valence-electron chi connectivity index (χ3n) is 4.22. The molecule has 0 aliphatic carbocycles. The molecule has 0 spiro atoms. The number of nitrogens with one attached hydrogen (secondary N) is 1. The van der Waals surface area contributed by atoms with E-state index in [4.69, 9.17) is 9.47 Å². The van der Waals surface area contributed by atoms with Gasteiger partial charge in [-0.2, -0.15) is 0 Å². The first-order chi connectivity index (χ1) is 13.0. The lowest BCUT2D eigenvalue weighted by atomic mass is 10.2. The molecule has 1 aromatic heterocycles. The summed E-state index contributed by atoms with van der Waals surface area (Å²) in [5, 5.41) is 11.5. The van der Waals surface area contributed by atoms with Crippen molar-refractivity contribution in [2.24, 2.45) is 12.0 Å². The van der Waals surface area contributed by atoms with Crippen molar-refractivity contribution < 1.29 is 9.47 Å². The Morgan fingerprint density at radius 1 is 1.33 bits per heavy atom. The van der Waals surface area contributed by atoms with Gasteiger partial charge >= 0.3 is 0 Å². The van der Waals surface area contributed by atoms with Gasteiger partial charge in [-0.05, 0) is 19.1 Å². The summed E-state index contributed by atoms with van der Waals surface area (Å²) in [5.41, 5.74) is 1.03. The maximum Gasteiger partial charge on any atom is 0.194 e. The van der Waals surface area contributed by atoms with Crippen LogP contribution < -0.4 is 14.8 Å². The van der Waals surface area contributed by atoms with E-state index in [2.05, 4.69) is 27.1 Å². The number of aliphatic imine (C=N–C) groups is 1. The molecule has 0 atom stereocenters. The zero-order valence-electron chi connectivity index (χ0n) is 16.7. The lowest BCUT2D eigenvalue weighted by Crippen LogP contribution is -2.38. The second-order valence-electron chi connectivity index (χ2n) is 6.07. The minimum absolute atomic E-state index is 0.431. The van der Waals surface area contributed by atoms with Gasteiger partial charge in [-0.25, -0.2) is 4.99 Å². The van der Waals surface area contributed by atoms with Gasteiger partial charge in [-0.3, -0.25) is 0 Å². The first-order valence-corrected chi connectivity index (χ1v) is 8.66. The van der Waals surface area contributed by atoms with Crippen LogP contribution in [-0.4, -0.2) is 53.4 Å². The summed E-state index contributed by atoms with van der Waals surface area (Å²) in [6.07, 6.45) is 1.80. The smallest absolute Gasteiger partial charge is 0.194 e. The first kappa shape index (κ1) is 20.3. The molecule has 1 heterocycles. The number of benzene rings is 1. The molecule has 0 aliphatic rings. The number of nitrogens with zero attached hydrogens (tertiary/aromatic N) is 5. The van der Waals surface area contributed by atoms with E-state index in [1.165, 1.54) is 0 Å². The Balaban J connectivity index is 2.18. The average molecular weight is 372 g/mol. The van der Waals surface area contributed by atoms with Gasteiger partial charge in [0.2, 0.25) is 0 Å². The second kappa shape index (κ2) is 9.61. The molecule has 1 aromatic carbocycles. The fraction of sp³-hybridized carbons (Fsp3) is 0.421. The summed E-state index contributed by atoms with van der Waals surface area (Å²) in [6, 6.07) is 5.78. The highest BCUT2D eigenvalue weighted by atomic mass is 16.5. The highest BCUT2D eigenvalue weighted by Gasteiger charge is 2.12. The van der Waals surface area contributed by atoms with E-state index in [0.29, 0.717) is 19.6 Å². The van der Waals surface area contributed by atoms with Crippen LogP contribution in [0.5, 0.6) is 11.5 Å². The van der Waals surface area contributed by atoms with Crippen LogP contribution in [0.2, 0.25) is 0 Å². The predicted molar refractivity (Wildman–Crippen MR) is 106 cm³/mol. The number of hydrogen-bond donors (Lipinski definition) is 1. The van der Waals surface area contributed by atoms with Crippen molar-refractivity contribution in [3.05, 3.63) is 48.1 Å². The van der Waals surface area contributed by atoms with E-state index in [0.717, 1.165) is 34.7 Å². The molecule has 146 valence electrons. The first-order valence-electron chi connectivity index (χ1n) is 8.66. The Hall–Kier alpha value is -3.03. The Morgan fingerprint density at radius 3 is 2.70 bits per heavy atom. The molecule has 0 aliphatic heterocycles. The van der Waals surface area contributed by atoms with E-state index in [1.54, 1.807) is 20.3 Å². The minimum atomic E-state index is 0.431. The van der Waals surface area contributed by atoms with Crippen LogP contribution in [0.4, 0.5) is 0 Å². The van der Waals surface area contributed by atoms with Crippen LogP contribution in [-0.2, 0) is 20.1 Å². The number of aromatic nitrogens is 3. The Bertz CT molecular complexity index is 799. The Labute approximate surface area is 160 Å². The van der Waals surface area contributed by atoms with Crippen molar-refractivity contribution in [2.75, 3.05) is 27.8 Å². The molecule has 27 heavy (non-hydrogen) atoms. The van der Waals surface area contributed by atoms with Crippen LogP contribution in [0, 0.1) is 6.92 Å². The third kappa shape index (κ3) is 5.22. The Morgan fingerprint density at radius 2 is 2.11 bits per heavy atom. The molecule has 8 nitrogen and oxygen atoms in total. The quantitative estimate of drug-likeness (QED) is 0.433. The van der Waals surface area contributed by atoms with E-state index in [1.807, 2.05) is 48.7 Å². The lowest BCUT2D eigenvalue weighted by molar-refractivity contribution is 0.382. The molecule has 2 rings (SSSR count). The highest BCUT2D eigenvalue weighted by Crippen LogP contribution is 2.25. The van der Waals surface area contributed by atoms with Crippen LogP contribution >= 0.6 is 0 Å². The predicted octanol–water partition coefficient (Wildman–Crippen LogP) is 1.90. The number of ether oxygens (including phenoxy) is 2. The number of methoxy groups -OCH3 is 2. The van der Waals surface area contributed by atoms with E-state index in [9.17, 15) is 0 Å². The zero-order chi connectivity index (χ0) is 19.8. The lowest BCUT2D eigenvalue weighted by Gasteiger charge is -2.23. The van der Waals surface area contributed by atoms with Crippen molar-refractivity contribution >= 4 is 5.96 Å². The number of guanidine groups is 1. The summed E-state index contributed by atoms with van der Waals surface area (Å²) in [5.74, 6) is 3.94. The molecule has 0 fully saturated rings. The summed E-state index contributed by atoms with van der Waals surface area (Å²) < 4.78 is 12.7. The van der Waals surface area contributed by atoms with Crippen molar-refractivity contribution in [3.8, 4) is 11.5 Å². The summed E-state index contributed by atoms with van der Waals surface area (Å²) in [4.78, 5) is 6.71. The zero-order valence-corrected chi connectivity index (χ0v) is 16.7. The van der Waals surface area contributed by atoms with Crippen molar-refractivity contribution in [1.29, 1.82) is 0 Å². The molecular weight excluding hydrogens is 344 g/mol. The van der Waals surface area contributed by atoms with Crippen LogP contribution in [0.3, 0.4) is 0 Å². The fourth-order valence-corrected chi connectivity index (χ4v) is 2.52. The molecular formula is C19H28N6O2. The summed E-state index contributed by atoms with van der Waals surface area (Å²) >= 11 is 0. The molecule has 0 amide bonds. The molecule has 2 aromatic rings. The summed E-state index contributed by atoms with van der Waals surface area (Å²) in [7, 11) is 7.20. The topological polar surface area (TPSA) is 76.8 Å². The number of hydrogen-bond acceptors (Lipinski definition) is 5. The van der Waals surface area contributed by atoms with Crippen LogP contribution in [0.1, 0.15) is 17.2 Å². The highest BCUT2D eigenvalue weighted by molar-refractivity contribution is 5.80. The monoisotopic (exact) mass is 372 g/mol. The van der Waals surface area contributed by atoms with Gasteiger partial charge in [0.1, 0.15) is 23.9 Å². The van der Waals surface area contributed by atoms with Gasteiger partial charge in [-0.1, -0.05) is 6.08 Å². The van der Waals surface area contributed by atoms with Gasteiger partial charge in [0.15, 0.2) is 11.8 Å². The third-order valence-corrected chi connectivity index (χ3v) is 4.22. The van der Waals surface area contributed by atoms with Gasteiger partial charge in [0.05, 0.1) is 14.2 Å². The van der Waals surface area contributed by atoms with Gasteiger partial charge < -0.3 is 24.3 Å². The van der Waals surface area contributed by atoms with E-state index >= 15 is 0 Å².